The van der Waals surface area contributed by atoms with Crippen molar-refractivity contribution in [3.05, 3.63) is 64.2 Å². The number of amides is 1. The molecule has 4 nitrogen and oxygen atoms in total. The van der Waals surface area contributed by atoms with Gasteiger partial charge in [-0.05, 0) is 80.7 Å². The summed E-state index contributed by atoms with van der Waals surface area (Å²) in [5.74, 6) is 0.623. The smallest absolute Gasteiger partial charge is 0.258 e. The minimum absolute atomic E-state index is 0.0236. The van der Waals surface area contributed by atoms with Crippen LogP contribution in [0.3, 0.4) is 0 Å². The molecule has 0 saturated carbocycles. The lowest BCUT2D eigenvalue weighted by Crippen LogP contribution is -2.41. The number of carbonyl (C=O) groups excluding carboxylic acids is 1. The Morgan fingerprint density at radius 1 is 1.07 bits per heavy atom. The molecule has 1 saturated heterocycles. The molecule has 0 aliphatic carbocycles. The Labute approximate surface area is 172 Å². The summed E-state index contributed by atoms with van der Waals surface area (Å²) in [6.07, 6.45) is 3.68. The average Bonchev–Trinajstić information content (AvgIpc) is 2.71. The van der Waals surface area contributed by atoms with E-state index in [0.717, 1.165) is 29.4 Å². The molecule has 2 aromatic rings. The van der Waals surface area contributed by atoms with Gasteiger partial charge in [0.1, 0.15) is 5.75 Å². The molecule has 1 aliphatic rings. The highest BCUT2D eigenvalue weighted by molar-refractivity contribution is 6.30. The van der Waals surface area contributed by atoms with E-state index in [1.807, 2.05) is 37.3 Å². The van der Waals surface area contributed by atoms with Gasteiger partial charge >= 0.3 is 0 Å². The standard InChI is InChI=1S/C23H29ClN2O2/c1-17-6-11-21(14-18(17)2)28-16-23(27)25-15-22(26-12-4-3-5-13-26)19-7-9-20(24)10-8-19/h6-11,14,22H,3-5,12-13,15-16H2,1-2H3,(H,25,27). The Balaban J connectivity index is 1.58. The molecule has 150 valence electrons. The zero-order chi connectivity index (χ0) is 19.9. The van der Waals surface area contributed by atoms with Crippen LogP contribution < -0.4 is 10.1 Å². The van der Waals surface area contributed by atoms with E-state index in [9.17, 15) is 4.79 Å². The van der Waals surface area contributed by atoms with Gasteiger partial charge in [0.05, 0.1) is 6.04 Å². The Morgan fingerprint density at radius 3 is 2.46 bits per heavy atom. The molecular formula is C23H29ClN2O2. The fourth-order valence-electron chi connectivity index (χ4n) is 3.59. The number of aryl methyl sites for hydroxylation is 2. The first kappa shape index (κ1) is 20.7. The monoisotopic (exact) mass is 400 g/mol. The van der Waals surface area contributed by atoms with Crippen molar-refractivity contribution in [2.24, 2.45) is 0 Å². The zero-order valence-corrected chi connectivity index (χ0v) is 17.5. The van der Waals surface area contributed by atoms with Gasteiger partial charge in [0.2, 0.25) is 0 Å². The third-order valence-electron chi connectivity index (χ3n) is 5.43. The van der Waals surface area contributed by atoms with E-state index in [1.54, 1.807) is 0 Å². The molecule has 5 heteroatoms. The lowest BCUT2D eigenvalue weighted by atomic mass is 10.0. The fraction of sp³-hybridized carbons (Fsp3) is 0.435. The number of nitrogens with zero attached hydrogens (tertiary/aromatic N) is 1. The highest BCUT2D eigenvalue weighted by atomic mass is 35.5. The van der Waals surface area contributed by atoms with Gasteiger partial charge in [-0.3, -0.25) is 9.69 Å². The lowest BCUT2D eigenvalue weighted by Gasteiger charge is -2.35. The molecule has 0 aromatic heterocycles. The van der Waals surface area contributed by atoms with Gasteiger partial charge < -0.3 is 10.1 Å². The van der Waals surface area contributed by atoms with E-state index >= 15 is 0 Å². The molecule has 1 heterocycles. The Morgan fingerprint density at radius 2 is 1.79 bits per heavy atom. The molecule has 2 aromatic carbocycles. The second-order valence-corrected chi connectivity index (χ2v) is 7.94. The molecule has 1 aliphatic heterocycles. The predicted octanol–water partition coefficient (Wildman–Crippen LogP) is 4.68. The number of hydrogen-bond acceptors (Lipinski definition) is 3. The van der Waals surface area contributed by atoms with Crippen LogP contribution in [0.4, 0.5) is 0 Å². The Hall–Kier alpha value is -2.04. The summed E-state index contributed by atoms with van der Waals surface area (Å²) in [4.78, 5) is 14.8. The number of hydrogen-bond donors (Lipinski definition) is 1. The van der Waals surface area contributed by atoms with Crippen molar-refractivity contribution in [1.29, 1.82) is 0 Å². The van der Waals surface area contributed by atoms with Crippen molar-refractivity contribution in [2.75, 3.05) is 26.2 Å². The summed E-state index contributed by atoms with van der Waals surface area (Å²) in [7, 11) is 0. The summed E-state index contributed by atoms with van der Waals surface area (Å²) in [6.45, 7) is 6.80. The first-order chi connectivity index (χ1) is 13.5. The molecule has 1 fully saturated rings. The first-order valence-corrected chi connectivity index (χ1v) is 10.4. The zero-order valence-electron chi connectivity index (χ0n) is 16.7. The average molecular weight is 401 g/mol. The predicted molar refractivity (Wildman–Crippen MR) is 114 cm³/mol. The number of nitrogens with one attached hydrogen (secondary N) is 1. The summed E-state index contributed by atoms with van der Waals surface area (Å²) < 4.78 is 5.66. The first-order valence-electron chi connectivity index (χ1n) is 9.99. The van der Waals surface area contributed by atoms with Crippen LogP contribution in [-0.2, 0) is 4.79 Å². The largest absolute Gasteiger partial charge is 0.484 e. The highest BCUT2D eigenvalue weighted by Crippen LogP contribution is 2.25. The van der Waals surface area contributed by atoms with Crippen molar-refractivity contribution >= 4 is 17.5 Å². The molecule has 0 radical (unpaired) electrons. The molecule has 1 N–H and O–H groups in total. The number of halogens is 1. The van der Waals surface area contributed by atoms with Crippen LogP contribution >= 0.6 is 11.6 Å². The highest BCUT2D eigenvalue weighted by Gasteiger charge is 2.23. The molecule has 1 atom stereocenters. The van der Waals surface area contributed by atoms with E-state index < -0.39 is 0 Å². The third kappa shape index (κ3) is 5.73. The van der Waals surface area contributed by atoms with Crippen molar-refractivity contribution in [3.63, 3.8) is 0 Å². The van der Waals surface area contributed by atoms with Crippen LogP contribution in [0.2, 0.25) is 5.02 Å². The number of piperidine rings is 1. The van der Waals surface area contributed by atoms with E-state index in [2.05, 4.69) is 29.3 Å². The van der Waals surface area contributed by atoms with Crippen LogP contribution in [0.15, 0.2) is 42.5 Å². The van der Waals surface area contributed by atoms with E-state index in [1.165, 1.54) is 30.4 Å². The molecule has 1 unspecified atom stereocenters. The van der Waals surface area contributed by atoms with Gasteiger partial charge in [-0.1, -0.05) is 36.2 Å². The van der Waals surface area contributed by atoms with Crippen molar-refractivity contribution in [2.45, 2.75) is 39.2 Å². The van der Waals surface area contributed by atoms with Crippen LogP contribution in [0, 0.1) is 13.8 Å². The Bertz CT molecular complexity index is 786. The van der Waals surface area contributed by atoms with Crippen molar-refractivity contribution in [3.8, 4) is 5.75 Å². The van der Waals surface area contributed by atoms with Gasteiger partial charge in [0.15, 0.2) is 6.61 Å². The maximum absolute atomic E-state index is 12.4. The molecule has 1 amide bonds. The van der Waals surface area contributed by atoms with E-state index in [4.69, 9.17) is 16.3 Å². The second-order valence-electron chi connectivity index (χ2n) is 7.50. The van der Waals surface area contributed by atoms with Crippen molar-refractivity contribution < 1.29 is 9.53 Å². The minimum atomic E-state index is -0.103. The molecule has 0 spiro atoms. The summed E-state index contributed by atoms with van der Waals surface area (Å²) >= 11 is 6.05. The quantitative estimate of drug-likeness (QED) is 0.733. The van der Waals surface area contributed by atoms with Gasteiger partial charge in [-0.15, -0.1) is 0 Å². The van der Waals surface area contributed by atoms with E-state index in [-0.39, 0.29) is 18.6 Å². The van der Waals surface area contributed by atoms with Gasteiger partial charge in [-0.2, -0.15) is 0 Å². The Kier molecular flexibility index (Phi) is 7.35. The minimum Gasteiger partial charge on any atom is -0.484 e. The fourth-order valence-corrected chi connectivity index (χ4v) is 3.71. The second kappa shape index (κ2) is 9.94. The van der Waals surface area contributed by atoms with Crippen molar-refractivity contribution in [1.82, 2.24) is 10.2 Å². The van der Waals surface area contributed by atoms with Gasteiger partial charge in [0.25, 0.3) is 5.91 Å². The maximum atomic E-state index is 12.4. The van der Waals surface area contributed by atoms with Crippen LogP contribution in [0.5, 0.6) is 5.75 Å². The third-order valence-corrected chi connectivity index (χ3v) is 5.68. The maximum Gasteiger partial charge on any atom is 0.258 e. The number of ether oxygens (including phenoxy) is 1. The lowest BCUT2D eigenvalue weighted by molar-refractivity contribution is -0.123. The van der Waals surface area contributed by atoms with E-state index in [0.29, 0.717) is 6.54 Å². The summed E-state index contributed by atoms with van der Waals surface area (Å²) in [5.41, 5.74) is 3.55. The molecule has 3 rings (SSSR count). The normalized spacial score (nSPS) is 15.8. The number of carbonyl (C=O) groups is 1. The van der Waals surface area contributed by atoms with Gasteiger partial charge in [-0.25, -0.2) is 0 Å². The molecule has 0 bridgehead atoms. The van der Waals surface area contributed by atoms with Crippen LogP contribution in [0.1, 0.15) is 42.0 Å². The number of benzene rings is 2. The van der Waals surface area contributed by atoms with Crippen LogP contribution in [-0.4, -0.2) is 37.0 Å². The van der Waals surface area contributed by atoms with Gasteiger partial charge in [0, 0.05) is 11.6 Å². The number of rotatable bonds is 7. The number of likely N-dealkylation sites (tertiary alicyclic amines) is 1. The topological polar surface area (TPSA) is 41.6 Å². The SMILES string of the molecule is Cc1ccc(OCC(=O)NCC(c2ccc(Cl)cc2)N2CCCCC2)cc1C. The molecular weight excluding hydrogens is 372 g/mol. The summed E-state index contributed by atoms with van der Waals surface area (Å²) in [5, 5.41) is 3.78. The molecule has 28 heavy (non-hydrogen) atoms. The summed E-state index contributed by atoms with van der Waals surface area (Å²) in [6, 6.07) is 14.0. The van der Waals surface area contributed by atoms with Crippen LogP contribution in [0.25, 0.3) is 0 Å².